The molecule has 0 N–H and O–H groups in total. The fraction of sp³-hybridized carbons (Fsp3) is 0.158. The van der Waals surface area contributed by atoms with E-state index in [4.69, 9.17) is 0 Å². The summed E-state index contributed by atoms with van der Waals surface area (Å²) in [7, 11) is 0. The average molecular weight is 413 g/mol. The first kappa shape index (κ1) is 14.6. The first-order valence-electron chi connectivity index (χ1n) is 7.79. The molecule has 0 radical (unpaired) electrons. The van der Waals surface area contributed by atoms with Crippen LogP contribution in [0.2, 0.25) is 0 Å². The molecule has 0 saturated carbocycles. The third-order valence-electron chi connectivity index (χ3n) is 4.12. The highest BCUT2D eigenvalue weighted by atomic mass is 127. The van der Waals surface area contributed by atoms with Crippen LogP contribution in [0.1, 0.15) is 18.9 Å². The zero-order valence-electron chi connectivity index (χ0n) is 12.8. The molecule has 0 saturated heterocycles. The van der Waals surface area contributed by atoms with Crippen LogP contribution in [0.3, 0.4) is 0 Å². The third-order valence-corrected chi connectivity index (χ3v) is 4.84. The van der Waals surface area contributed by atoms with Gasteiger partial charge in [0.15, 0.2) is 11.5 Å². The van der Waals surface area contributed by atoms with Crippen molar-refractivity contribution in [3.05, 3.63) is 63.9 Å². The lowest BCUT2D eigenvalue weighted by molar-refractivity contribution is 0.918. The van der Waals surface area contributed by atoms with E-state index >= 15 is 0 Å². The summed E-state index contributed by atoms with van der Waals surface area (Å²) in [6, 6.07) is 16.9. The zero-order valence-corrected chi connectivity index (χ0v) is 15.0. The maximum Gasteiger partial charge on any atom is 0.168 e. The lowest BCUT2D eigenvalue weighted by Crippen LogP contribution is -1.96. The number of hydrogen-bond donors (Lipinski definition) is 0. The molecule has 0 aliphatic rings. The van der Waals surface area contributed by atoms with Gasteiger partial charge >= 0.3 is 0 Å². The standard InChI is InChI=1S/C19H16IN3/c1-2-5-14-12-23-18(13-8-10-15(20)11-9-13)21-22-19(23)17-7-4-3-6-16(14)17/h3-4,6-12H,2,5H2,1H3. The molecular formula is C19H16IN3. The topological polar surface area (TPSA) is 30.2 Å². The Morgan fingerprint density at radius 2 is 1.70 bits per heavy atom. The normalized spacial score (nSPS) is 11.4. The van der Waals surface area contributed by atoms with Crippen molar-refractivity contribution in [1.82, 2.24) is 14.6 Å². The Labute approximate surface area is 148 Å². The Balaban J connectivity index is 2.03. The molecule has 114 valence electrons. The summed E-state index contributed by atoms with van der Waals surface area (Å²) in [5, 5.41) is 11.4. The van der Waals surface area contributed by atoms with Gasteiger partial charge in [-0.15, -0.1) is 10.2 Å². The maximum atomic E-state index is 4.46. The van der Waals surface area contributed by atoms with Crippen LogP contribution < -0.4 is 0 Å². The Morgan fingerprint density at radius 1 is 0.957 bits per heavy atom. The Hall–Kier alpha value is -1.95. The van der Waals surface area contributed by atoms with Gasteiger partial charge in [-0.1, -0.05) is 49.7 Å². The molecule has 4 aromatic rings. The van der Waals surface area contributed by atoms with E-state index in [1.807, 2.05) is 0 Å². The summed E-state index contributed by atoms with van der Waals surface area (Å²) >= 11 is 2.32. The minimum Gasteiger partial charge on any atom is -0.282 e. The number of nitrogens with zero attached hydrogens (tertiary/aromatic N) is 3. The van der Waals surface area contributed by atoms with Crippen molar-refractivity contribution >= 4 is 39.0 Å². The molecule has 23 heavy (non-hydrogen) atoms. The number of rotatable bonds is 3. The molecule has 4 heteroatoms. The monoisotopic (exact) mass is 413 g/mol. The first-order valence-corrected chi connectivity index (χ1v) is 8.87. The molecule has 0 atom stereocenters. The van der Waals surface area contributed by atoms with Crippen LogP contribution in [-0.4, -0.2) is 14.6 Å². The second-order valence-corrected chi connectivity index (χ2v) is 6.92. The van der Waals surface area contributed by atoms with Gasteiger partial charge in [0.05, 0.1) is 0 Å². The van der Waals surface area contributed by atoms with Gasteiger partial charge in [0.2, 0.25) is 0 Å². The zero-order chi connectivity index (χ0) is 15.8. The van der Waals surface area contributed by atoms with Gasteiger partial charge in [-0.25, -0.2) is 0 Å². The minimum absolute atomic E-state index is 0.902. The van der Waals surface area contributed by atoms with Crippen molar-refractivity contribution in [1.29, 1.82) is 0 Å². The highest BCUT2D eigenvalue weighted by molar-refractivity contribution is 14.1. The van der Waals surface area contributed by atoms with Crippen LogP contribution in [0.15, 0.2) is 54.7 Å². The molecule has 3 nitrogen and oxygen atoms in total. The van der Waals surface area contributed by atoms with Crippen molar-refractivity contribution < 1.29 is 0 Å². The lowest BCUT2D eigenvalue weighted by atomic mass is 10.0. The molecule has 0 amide bonds. The highest BCUT2D eigenvalue weighted by Crippen LogP contribution is 2.27. The van der Waals surface area contributed by atoms with Gasteiger partial charge in [-0.3, -0.25) is 4.40 Å². The smallest absolute Gasteiger partial charge is 0.168 e. The van der Waals surface area contributed by atoms with Crippen molar-refractivity contribution in [3.8, 4) is 11.4 Å². The van der Waals surface area contributed by atoms with Crippen LogP contribution >= 0.6 is 22.6 Å². The maximum absolute atomic E-state index is 4.46. The van der Waals surface area contributed by atoms with Crippen molar-refractivity contribution in [2.24, 2.45) is 0 Å². The second-order valence-electron chi connectivity index (χ2n) is 5.67. The number of aromatic nitrogens is 3. The predicted octanol–water partition coefficient (Wildman–Crippen LogP) is 5.11. The van der Waals surface area contributed by atoms with Gasteiger partial charge in [0, 0.05) is 20.7 Å². The second kappa shape index (κ2) is 5.92. The number of aryl methyl sites for hydroxylation is 1. The quantitative estimate of drug-likeness (QED) is 0.437. The number of pyridine rings is 1. The van der Waals surface area contributed by atoms with Crippen LogP contribution in [0.25, 0.3) is 27.8 Å². The van der Waals surface area contributed by atoms with Crippen LogP contribution in [-0.2, 0) is 6.42 Å². The van der Waals surface area contributed by atoms with Gasteiger partial charge in [-0.05, 0) is 52.1 Å². The molecule has 0 fully saturated rings. The van der Waals surface area contributed by atoms with E-state index < -0.39 is 0 Å². The number of benzene rings is 2. The summed E-state index contributed by atoms with van der Waals surface area (Å²) in [6.45, 7) is 2.21. The lowest BCUT2D eigenvalue weighted by Gasteiger charge is -2.09. The fourth-order valence-corrected chi connectivity index (χ4v) is 3.40. The molecular weight excluding hydrogens is 397 g/mol. The number of fused-ring (bicyclic) bond motifs is 3. The molecule has 4 rings (SSSR count). The summed E-state index contributed by atoms with van der Waals surface area (Å²) in [6.07, 6.45) is 4.38. The Kier molecular flexibility index (Phi) is 3.77. The number of hydrogen-bond acceptors (Lipinski definition) is 2. The van der Waals surface area contributed by atoms with Crippen LogP contribution in [0.5, 0.6) is 0 Å². The molecule has 0 bridgehead atoms. The van der Waals surface area contributed by atoms with Gasteiger partial charge in [-0.2, -0.15) is 0 Å². The Bertz CT molecular complexity index is 987. The SMILES string of the molecule is CCCc1cn2c(-c3ccc(I)cc3)nnc2c2ccccc12. The van der Waals surface area contributed by atoms with Crippen LogP contribution in [0.4, 0.5) is 0 Å². The minimum atomic E-state index is 0.902. The average Bonchev–Trinajstić information content (AvgIpc) is 3.00. The molecule has 0 aliphatic carbocycles. The van der Waals surface area contributed by atoms with E-state index in [1.54, 1.807) is 0 Å². The van der Waals surface area contributed by atoms with Crippen LogP contribution in [0, 0.1) is 3.57 Å². The molecule has 2 heterocycles. The van der Waals surface area contributed by atoms with E-state index in [0.29, 0.717) is 0 Å². The van der Waals surface area contributed by atoms with Crippen molar-refractivity contribution in [3.63, 3.8) is 0 Å². The van der Waals surface area contributed by atoms with E-state index in [2.05, 4.69) is 98.8 Å². The predicted molar refractivity (Wildman–Crippen MR) is 103 cm³/mol. The fourth-order valence-electron chi connectivity index (χ4n) is 3.05. The highest BCUT2D eigenvalue weighted by Gasteiger charge is 2.13. The van der Waals surface area contributed by atoms with E-state index in [0.717, 1.165) is 29.9 Å². The van der Waals surface area contributed by atoms with E-state index in [9.17, 15) is 0 Å². The van der Waals surface area contributed by atoms with Gasteiger partial charge in [0.25, 0.3) is 0 Å². The van der Waals surface area contributed by atoms with Crippen molar-refractivity contribution in [2.75, 3.05) is 0 Å². The third kappa shape index (κ3) is 2.51. The van der Waals surface area contributed by atoms with E-state index in [-0.39, 0.29) is 0 Å². The molecule has 0 spiro atoms. The summed E-state index contributed by atoms with van der Waals surface area (Å²) in [5.74, 6) is 0.902. The first-order chi connectivity index (χ1) is 11.3. The Morgan fingerprint density at radius 3 is 2.43 bits per heavy atom. The number of halogens is 1. The van der Waals surface area contributed by atoms with Crippen molar-refractivity contribution in [2.45, 2.75) is 19.8 Å². The summed E-state index contributed by atoms with van der Waals surface area (Å²) in [4.78, 5) is 0. The van der Waals surface area contributed by atoms with E-state index in [1.165, 1.54) is 19.9 Å². The van der Waals surface area contributed by atoms with Gasteiger partial charge < -0.3 is 0 Å². The molecule has 0 unspecified atom stereocenters. The molecule has 2 aromatic heterocycles. The largest absolute Gasteiger partial charge is 0.282 e. The molecule has 0 aliphatic heterocycles. The molecule has 2 aromatic carbocycles. The summed E-state index contributed by atoms with van der Waals surface area (Å²) < 4.78 is 3.35. The summed E-state index contributed by atoms with van der Waals surface area (Å²) in [5.41, 5.74) is 3.37. The van der Waals surface area contributed by atoms with Gasteiger partial charge in [0.1, 0.15) is 0 Å².